The molecule has 0 N–H and O–H groups in total. The summed E-state index contributed by atoms with van der Waals surface area (Å²) in [6, 6.07) is 6.96. The van der Waals surface area contributed by atoms with Gasteiger partial charge in [0, 0.05) is 61.8 Å². The highest BCUT2D eigenvalue weighted by Gasteiger charge is 2.33. The van der Waals surface area contributed by atoms with Gasteiger partial charge in [0.05, 0.1) is 23.9 Å². The highest BCUT2D eigenvalue weighted by atomic mass is 19.1. The lowest BCUT2D eigenvalue weighted by Crippen LogP contribution is -2.55. The van der Waals surface area contributed by atoms with Crippen molar-refractivity contribution >= 4 is 33.4 Å². The zero-order chi connectivity index (χ0) is 32.4. The smallest absolute Gasteiger partial charge is 0.319 e. The van der Waals surface area contributed by atoms with Crippen LogP contribution in [0.4, 0.5) is 19.0 Å². The van der Waals surface area contributed by atoms with Gasteiger partial charge in [-0.1, -0.05) is 24.1 Å². The number of piperazine rings is 1. The second kappa shape index (κ2) is 13.2. The first-order valence-corrected chi connectivity index (χ1v) is 14.9. The van der Waals surface area contributed by atoms with Crippen LogP contribution in [-0.4, -0.2) is 100 Å². The van der Waals surface area contributed by atoms with E-state index < -0.39 is 30.6 Å². The number of carbonyl (C=O) groups excluding carboxylic acids is 1. The molecule has 5 heterocycles. The molecule has 0 radical (unpaired) electrons. The molecule has 0 aliphatic carbocycles. The van der Waals surface area contributed by atoms with E-state index in [0.717, 1.165) is 16.3 Å². The zero-order valence-corrected chi connectivity index (χ0v) is 25.4. The Labute approximate surface area is 263 Å². The van der Waals surface area contributed by atoms with Gasteiger partial charge in [0.25, 0.3) is 5.91 Å². The number of carbonyl (C=O) groups is 1. The van der Waals surface area contributed by atoms with Gasteiger partial charge in [-0.25, -0.2) is 13.2 Å². The van der Waals surface area contributed by atoms with Crippen molar-refractivity contribution in [3.05, 3.63) is 48.2 Å². The van der Waals surface area contributed by atoms with Crippen molar-refractivity contribution in [3.63, 3.8) is 0 Å². The van der Waals surface area contributed by atoms with Crippen LogP contribution in [0.5, 0.6) is 6.01 Å². The Morgan fingerprint density at radius 2 is 2.00 bits per heavy atom. The molecule has 236 valence electrons. The minimum atomic E-state index is -0.971. The topological polar surface area (TPSA) is 111 Å². The molecule has 2 aliphatic heterocycles. The number of benzene rings is 1. The average Bonchev–Trinajstić information content (AvgIpc) is 3.38. The molecule has 0 bridgehead atoms. The molecule has 0 unspecified atom stereocenters. The number of fused-ring (bicyclic) bond motifs is 2. The van der Waals surface area contributed by atoms with Gasteiger partial charge >= 0.3 is 6.01 Å². The Balaban J connectivity index is 1.43. The first-order chi connectivity index (χ1) is 22.3. The molecule has 2 aliphatic rings. The molecule has 1 aromatic carbocycles. The fourth-order valence-electron chi connectivity index (χ4n) is 6.27. The monoisotopic (exact) mass is 628 g/mol. The lowest BCUT2D eigenvalue weighted by Gasteiger charge is -2.40. The van der Waals surface area contributed by atoms with Crippen molar-refractivity contribution < 1.29 is 22.7 Å². The normalized spacial score (nSPS) is 20.0. The van der Waals surface area contributed by atoms with Crippen molar-refractivity contribution in [1.29, 1.82) is 5.26 Å². The van der Waals surface area contributed by atoms with E-state index in [1.54, 1.807) is 12.4 Å². The summed E-state index contributed by atoms with van der Waals surface area (Å²) >= 11 is 0. The molecule has 6 rings (SSSR count). The lowest BCUT2D eigenvalue weighted by atomic mass is 10.00. The Bertz CT molecular complexity index is 1900. The molecule has 2 fully saturated rings. The minimum absolute atomic E-state index is 0.00543. The van der Waals surface area contributed by atoms with Crippen LogP contribution in [0.2, 0.25) is 0 Å². The third-order valence-corrected chi connectivity index (χ3v) is 8.56. The number of nitriles is 1. The maximum atomic E-state index is 16.6. The molecule has 4 aromatic rings. The van der Waals surface area contributed by atoms with E-state index in [1.807, 2.05) is 42.0 Å². The Morgan fingerprint density at radius 3 is 2.76 bits per heavy atom. The van der Waals surface area contributed by atoms with Gasteiger partial charge < -0.3 is 14.5 Å². The van der Waals surface area contributed by atoms with Crippen LogP contribution < -0.4 is 9.64 Å². The van der Waals surface area contributed by atoms with Crippen LogP contribution in [0.3, 0.4) is 0 Å². The maximum Gasteiger partial charge on any atom is 0.319 e. The number of ether oxygens (including phenoxy) is 1. The predicted octanol–water partition coefficient (Wildman–Crippen LogP) is 4.01. The molecule has 10 nitrogen and oxygen atoms in total. The number of halogens is 3. The zero-order valence-electron chi connectivity index (χ0n) is 25.4. The third-order valence-electron chi connectivity index (χ3n) is 8.56. The van der Waals surface area contributed by atoms with Crippen molar-refractivity contribution in [2.45, 2.75) is 38.0 Å². The highest BCUT2D eigenvalue weighted by Crippen LogP contribution is 2.36. The summed E-state index contributed by atoms with van der Waals surface area (Å²) in [5, 5.41) is 11.5. The van der Waals surface area contributed by atoms with E-state index in [0.29, 0.717) is 29.7 Å². The Hall–Kier alpha value is -5.01. The number of amides is 1. The molecule has 1 amide bonds. The summed E-state index contributed by atoms with van der Waals surface area (Å²) in [6.07, 6.45) is 4.11. The van der Waals surface area contributed by atoms with E-state index >= 15 is 4.39 Å². The molecule has 13 heteroatoms. The Morgan fingerprint density at radius 1 is 1.15 bits per heavy atom. The standard InChI is InChI=1S/C33H31F3N8O2/c1-20-5-3-6-21-14-38-15-25(28(20)21)30-29(36)31-26(16-39-30)32(41-33(40-31)46-19-24-13-22(35)17-42(24)2)43-11-12-44(23(18-43)8-10-37)27(45)7-4-9-34/h3,5-6,14-16,22-24H,8-9,11-13,17-19H2,1-2H3/t22-,23+,24+/m1/s1. The number of rotatable bonds is 6. The molecule has 0 saturated carbocycles. The second-order valence-electron chi connectivity index (χ2n) is 11.5. The van der Waals surface area contributed by atoms with Crippen LogP contribution in [0.25, 0.3) is 32.9 Å². The summed E-state index contributed by atoms with van der Waals surface area (Å²) < 4.78 is 49.3. The van der Waals surface area contributed by atoms with E-state index in [9.17, 15) is 18.8 Å². The number of alkyl halides is 2. The predicted molar refractivity (Wildman–Crippen MR) is 166 cm³/mol. The summed E-state index contributed by atoms with van der Waals surface area (Å²) in [6.45, 7) is 1.98. The van der Waals surface area contributed by atoms with E-state index in [1.165, 1.54) is 11.1 Å². The van der Waals surface area contributed by atoms with Gasteiger partial charge in [0.2, 0.25) is 0 Å². The van der Waals surface area contributed by atoms with Crippen LogP contribution in [0, 0.1) is 35.9 Å². The highest BCUT2D eigenvalue weighted by molar-refractivity contribution is 6.00. The van der Waals surface area contributed by atoms with Gasteiger partial charge in [-0.05, 0) is 37.3 Å². The van der Waals surface area contributed by atoms with E-state index in [2.05, 4.69) is 37.8 Å². The lowest BCUT2D eigenvalue weighted by molar-refractivity contribution is -0.127. The molecular formula is C33H31F3N8O2. The van der Waals surface area contributed by atoms with Gasteiger partial charge in [-0.2, -0.15) is 15.2 Å². The number of pyridine rings is 2. The first kappa shape index (κ1) is 31.0. The van der Waals surface area contributed by atoms with Gasteiger partial charge in [0.1, 0.15) is 29.8 Å². The number of anilines is 1. The summed E-state index contributed by atoms with van der Waals surface area (Å²) in [7, 11) is 1.81. The fraction of sp³-hybridized carbons (Fsp3) is 0.394. The van der Waals surface area contributed by atoms with E-state index in [-0.39, 0.29) is 55.9 Å². The average molecular weight is 629 g/mol. The quantitative estimate of drug-likeness (QED) is 0.293. The first-order valence-electron chi connectivity index (χ1n) is 14.9. The van der Waals surface area contributed by atoms with Crippen LogP contribution in [0.1, 0.15) is 18.4 Å². The van der Waals surface area contributed by atoms with Crippen molar-refractivity contribution in [3.8, 4) is 35.2 Å². The third kappa shape index (κ3) is 5.98. The second-order valence-corrected chi connectivity index (χ2v) is 11.5. The number of aryl methyl sites for hydroxylation is 1. The molecule has 2 saturated heterocycles. The number of hydrogen-bond donors (Lipinski definition) is 0. The van der Waals surface area contributed by atoms with Crippen LogP contribution >= 0.6 is 0 Å². The summed E-state index contributed by atoms with van der Waals surface area (Å²) in [4.78, 5) is 35.8. The molecular weight excluding hydrogens is 597 g/mol. The summed E-state index contributed by atoms with van der Waals surface area (Å²) in [5.74, 6) is 3.47. The van der Waals surface area contributed by atoms with Crippen molar-refractivity contribution in [1.82, 2.24) is 29.7 Å². The van der Waals surface area contributed by atoms with Gasteiger partial charge in [-0.15, -0.1) is 0 Å². The molecule has 3 atom stereocenters. The molecule has 0 spiro atoms. The fourth-order valence-corrected chi connectivity index (χ4v) is 6.27. The van der Waals surface area contributed by atoms with Gasteiger partial charge in [-0.3, -0.25) is 19.7 Å². The number of nitrogens with zero attached hydrogens (tertiary/aromatic N) is 8. The SMILES string of the molecule is Cc1cccc2cncc(-c3ncc4c(N5CCN(C(=O)C#CCF)[C@@H](CC#N)C5)nc(OC[C@@H]5C[C@@H](F)CN5C)nc4c3F)c12. The van der Waals surface area contributed by atoms with Crippen LogP contribution in [-0.2, 0) is 4.79 Å². The molecule has 46 heavy (non-hydrogen) atoms. The van der Waals surface area contributed by atoms with Crippen molar-refractivity contribution in [2.75, 3.05) is 51.4 Å². The van der Waals surface area contributed by atoms with Crippen LogP contribution in [0.15, 0.2) is 36.8 Å². The van der Waals surface area contributed by atoms with Gasteiger partial charge in [0.15, 0.2) is 12.5 Å². The van der Waals surface area contributed by atoms with E-state index in [4.69, 9.17) is 4.74 Å². The largest absolute Gasteiger partial charge is 0.462 e. The number of aromatic nitrogens is 4. The minimum Gasteiger partial charge on any atom is -0.462 e. The maximum absolute atomic E-state index is 16.6. The molecule has 3 aromatic heterocycles. The number of likely N-dealkylation sites (tertiary alicyclic amines) is 1. The summed E-state index contributed by atoms with van der Waals surface area (Å²) in [5.41, 5.74) is 1.48. The number of likely N-dealkylation sites (N-methyl/N-ethyl adjacent to an activating group) is 1. The van der Waals surface area contributed by atoms with Crippen molar-refractivity contribution in [2.24, 2.45) is 0 Å². The number of hydrogen-bond acceptors (Lipinski definition) is 9. The Kier molecular flexibility index (Phi) is 8.86.